The quantitative estimate of drug-likeness (QED) is 0.820. The van der Waals surface area contributed by atoms with Crippen LogP contribution in [0.4, 0.5) is 5.82 Å². The normalized spacial score (nSPS) is 13.9. The molecule has 0 radical (unpaired) electrons. The number of aromatic carboxylic acids is 1. The second-order valence-corrected chi connectivity index (χ2v) is 6.11. The van der Waals surface area contributed by atoms with Crippen molar-refractivity contribution in [3.05, 3.63) is 16.8 Å². The van der Waals surface area contributed by atoms with Crippen LogP contribution in [-0.2, 0) is 10.8 Å². The van der Waals surface area contributed by atoms with Gasteiger partial charge in [0.2, 0.25) is 0 Å². The Bertz CT molecular complexity index is 505. The lowest BCUT2D eigenvalue weighted by atomic mass is 10.1. The average Bonchev–Trinajstić information content (AvgIpc) is 2.31. The van der Waals surface area contributed by atoms with Gasteiger partial charge in [-0.25, -0.2) is 4.79 Å². The molecule has 1 heterocycles. The topological polar surface area (TPSA) is 92.2 Å². The second kappa shape index (κ2) is 6.60. The Morgan fingerprint density at radius 3 is 2.58 bits per heavy atom. The van der Waals surface area contributed by atoms with Gasteiger partial charge in [0.1, 0.15) is 5.56 Å². The summed E-state index contributed by atoms with van der Waals surface area (Å²) in [7, 11) is -0.859. The summed E-state index contributed by atoms with van der Waals surface area (Å²) in [5.74, 6) is -0.191. The first-order valence-corrected chi connectivity index (χ1v) is 7.69. The van der Waals surface area contributed by atoms with E-state index in [-0.39, 0.29) is 17.4 Å². The molecule has 0 bridgehead atoms. The SMILES string of the molecule is Cc1nnc(NC(C)CCS(C)=O)c(C(=O)O)c1C. The molecule has 6 nitrogen and oxygen atoms in total. The fraction of sp³-hybridized carbons (Fsp3) is 0.583. The molecule has 0 aliphatic heterocycles. The highest BCUT2D eigenvalue weighted by atomic mass is 32.2. The molecule has 1 rings (SSSR count). The average molecular weight is 285 g/mol. The van der Waals surface area contributed by atoms with Gasteiger partial charge in [0.25, 0.3) is 0 Å². The summed E-state index contributed by atoms with van der Waals surface area (Å²) in [6.07, 6.45) is 2.32. The number of rotatable bonds is 6. The van der Waals surface area contributed by atoms with Crippen LogP contribution in [0.15, 0.2) is 0 Å². The maximum absolute atomic E-state index is 11.3. The first kappa shape index (κ1) is 15.6. The predicted octanol–water partition coefficient (Wildman–Crippen LogP) is 1.36. The van der Waals surface area contributed by atoms with E-state index < -0.39 is 16.8 Å². The minimum Gasteiger partial charge on any atom is -0.478 e. The van der Waals surface area contributed by atoms with Crippen LogP contribution in [0.2, 0.25) is 0 Å². The molecule has 19 heavy (non-hydrogen) atoms. The molecule has 7 heteroatoms. The zero-order valence-corrected chi connectivity index (χ0v) is 12.4. The molecular formula is C12H19N3O3S. The fourth-order valence-electron chi connectivity index (χ4n) is 1.62. The van der Waals surface area contributed by atoms with Crippen molar-refractivity contribution >= 4 is 22.6 Å². The minimum absolute atomic E-state index is 0.0154. The van der Waals surface area contributed by atoms with E-state index in [2.05, 4.69) is 15.5 Å². The molecule has 0 amide bonds. The number of carbonyl (C=O) groups is 1. The van der Waals surface area contributed by atoms with Gasteiger partial charge in [-0.3, -0.25) is 4.21 Å². The summed E-state index contributed by atoms with van der Waals surface area (Å²) in [5, 5.41) is 20.1. The molecule has 2 N–H and O–H groups in total. The molecule has 1 aromatic rings. The third-order valence-corrected chi connectivity index (χ3v) is 3.70. The monoisotopic (exact) mass is 285 g/mol. The minimum atomic E-state index is -1.02. The van der Waals surface area contributed by atoms with Crippen LogP contribution in [0.3, 0.4) is 0 Å². The van der Waals surface area contributed by atoms with Crippen LogP contribution in [0.1, 0.15) is 35.0 Å². The number of hydrogen-bond acceptors (Lipinski definition) is 5. The molecule has 106 valence electrons. The fourth-order valence-corrected chi connectivity index (χ4v) is 2.31. The van der Waals surface area contributed by atoms with E-state index in [9.17, 15) is 14.1 Å². The predicted molar refractivity (Wildman–Crippen MR) is 75.1 cm³/mol. The van der Waals surface area contributed by atoms with Crippen molar-refractivity contribution in [1.82, 2.24) is 10.2 Å². The number of aryl methyl sites for hydroxylation is 1. The number of hydrogen-bond donors (Lipinski definition) is 2. The first-order chi connectivity index (χ1) is 8.82. The molecule has 0 spiro atoms. The summed E-state index contributed by atoms with van der Waals surface area (Å²) in [6.45, 7) is 5.34. The van der Waals surface area contributed by atoms with E-state index in [4.69, 9.17) is 0 Å². The van der Waals surface area contributed by atoms with Crippen molar-refractivity contribution < 1.29 is 14.1 Å². The van der Waals surface area contributed by atoms with Gasteiger partial charge < -0.3 is 10.4 Å². The lowest BCUT2D eigenvalue weighted by Gasteiger charge is -2.16. The molecule has 1 aromatic heterocycles. The second-order valence-electron chi connectivity index (χ2n) is 4.55. The van der Waals surface area contributed by atoms with Crippen molar-refractivity contribution in [2.75, 3.05) is 17.3 Å². The van der Waals surface area contributed by atoms with Crippen LogP contribution in [-0.4, -0.2) is 43.5 Å². The lowest BCUT2D eigenvalue weighted by molar-refractivity contribution is 0.0696. The van der Waals surface area contributed by atoms with Crippen LogP contribution >= 0.6 is 0 Å². The maximum atomic E-state index is 11.3. The van der Waals surface area contributed by atoms with Gasteiger partial charge in [-0.2, -0.15) is 5.10 Å². The molecule has 0 saturated heterocycles. The maximum Gasteiger partial charge on any atom is 0.339 e. The van der Waals surface area contributed by atoms with Crippen LogP contribution in [0, 0.1) is 13.8 Å². The summed E-state index contributed by atoms with van der Waals surface area (Å²) in [4.78, 5) is 11.3. The van der Waals surface area contributed by atoms with E-state index in [1.165, 1.54) is 0 Å². The first-order valence-electron chi connectivity index (χ1n) is 5.96. The van der Waals surface area contributed by atoms with Crippen molar-refractivity contribution in [2.45, 2.75) is 33.2 Å². The number of aromatic nitrogens is 2. The van der Waals surface area contributed by atoms with Gasteiger partial charge in [0.05, 0.1) is 5.69 Å². The van der Waals surface area contributed by atoms with Crippen molar-refractivity contribution in [3.8, 4) is 0 Å². The lowest BCUT2D eigenvalue weighted by Crippen LogP contribution is -2.22. The highest BCUT2D eigenvalue weighted by molar-refractivity contribution is 7.84. The molecule has 0 aliphatic carbocycles. The molecule has 0 aliphatic rings. The van der Waals surface area contributed by atoms with Crippen LogP contribution < -0.4 is 5.32 Å². The zero-order chi connectivity index (χ0) is 14.6. The zero-order valence-electron chi connectivity index (χ0n) is 11.6. The van der Waals surface area contributed by atoms with Gasteiger partial charge in [0, 0.05) is 28.9 Å². The highest BCUT2D eigenvalue weighted by Gasteiger charge is 2.18. The summed E-state index contributed by atoms with van der Waals surface area (Å²) in [6, 6.07) is -0.0154. The number of nitrogens with one attached hydrogen (secondary N) is 1. The Hall–Kier alpha value is -1.50. The van der Waals surface area contributed by atoms with E-state index in [1.807, 2.05) is 6.92 Å². The Balaban J connectivity index is 2.92. The number of carboxylic acids is 1. The summed E-state index contributed by atoms with van der Waals surface area (Å²) in [5.41, 5.74) is 1.36. The Morgan fingerprint density at radius 2 is 2.05 bits per heavy atom. The van der Waals surface area contributed by atoms with Crippen molar-refractivity contribution in [1.29, 1.82) is 0 Å². The summed E-state index contributed by atoms with van der Waals surface area (Å²) < 4.78 is 11.0. The Labute approximate surface area is 115 Å². The van der Waals surface area contributed by atoms with E-state index in [0.29, 0.717) is 23.4 Å². The summed E-state index contributed by atoms with van der Waals surface area (Å²) >= 11 is 0. The molecule has 2 atom stereocenters. The van der Waals surface area contributed by atoms with Crippen molar-refractivity contribution in [2.24, 2.45) is 0 Å². The van der Waals surface area contributed by atoms with Crippen LogP contribution in [0.25, 0.3) is 0 Å². The highest BCUT2D eigenvalue weighted by Crippen LogP contribution is 2.19. The number of carboxylic acid groups (broad SMARTS) is 1. The van der Waals surface area contributed by atoms with Gasteiger partial charge in [-0.15, -0.1) is 5.10 Å². The molecule has 2 unspecified atom stereocenters. The van der Waals surface area contributed by atoms with Crippen LogP contribution in [0.5, 0.6) is 0 Å². The molecular weight excluding hydrogens is 266 g/mol. The molecule has 0 aromatic carbocycles. The van der Waals surface area contributed by atoms with Gasteiger partial charge in [-0.05, 0) is 32.8 Å². The standard InChI is InChI=1S/C12H19N3O3S/c1-7(5-6-19(4)18)13-11-10(12(16)17)8(2)9(3)14-15-11/h7H,5-6H2,1-4H3,(H,13,15)(H,16,17). The number of anilines is 1. The Kier molecular flexibility index (Phi) is 5.41. The smallest absolute Gasteiger partial charge is 0.339 e. The number of nitrogens with zero attached hydrogens (tertiary/aromatic N) is 2. The van der Waals surface area contributed by atoms with Gasteiger partial charge in [-0.1, -0.05) is 0 Å². The Morgan fingerprint density at radius 1 is 1.42 bits per heavy atom. The van der Waals surface area contributed by atoms with Gasteiger partial charge in [0.15, 0.2) is 5.82 Å². The molecule has 0 fully saturated rings. The largest absolute Gasteiger partial charge is 0.478 e. The van der Waals surface area contributed by atoms with Crippen molar-refractivity contribution in [3.63, 3.8) is 0 Å². The third kappa shape index (κ3) is 4.27. The molecule has 0 saturated carbocycles. The van der Waals surface area contributed by atoms with E-state index in [1.54, 1.807) is 20.1 Å². The third-order valence-electron chi connectivity index (χ3n) is 2.89. The van der Waals surface area contributed by atoms with Gasteiger partial charge >= 0.3 is 5.97 Å². The van der Waals surface area contributed by atoms with E-state index in [0.717, 1.165) is 0 Å². The van der Waals surface area contributed by atoms with E-state index >= 15 is 0 Å².